The van der Waals surface area contributed by atoms with E-state index in [9.17, 15) is 9.59 Å². The molecule has 1 unspecified atom stereocenters. The van der Waals surface area contributed by atoms with E-state index < -0.39 is 5.91 Å². The number of ether oxygens (including phenoxy) is 1. The summed E-state index contributed by atoms with van der Waals surface area (Å²) in [6.45, 7) is 3.80. The molecule has 0 aliphatic rings. The molecule has 0 aliphatic heterocycles. The van der Waals surface area contributed by atoms with Crippen LogP contribution in [-0.4, -0.2) is 22.4 Å². The third-order valence-corrected chi connectivity index (χ3v) is 5.05. The SMILES string of the molecule is CCC(NC(=O)c1cnc2scc(C)n2c1=O)c1ccc(OC)cc1. The van der Waals surface area contributed by atoms with Crippen molar-refractivity contribution in [1.29, 1.82) is 0 Å². The van der Waals surface area contributed by atoms with Gasteiger partial charge in [0, 0.05) is 17.3 Å². The molecule has 1 aromatic carbocycles. The van der Waals surface area contributed by atoms with Crippen LogP contribution in [0.4, 0.5) is 0 Å². The largest absolute Gasteiger partial charge is 0.497 e. The molecule has 0 fully saturated rings. The van der Waals surface area contributed by atoms with E-state index in [1.54, 1.807) is 7.11 Å². The van der Waals surface area contributed by atoms with Gasteiger partial charge in [-0.25, -0.2) is 4.98 Å². The van der Waals surface area contributed by atoms with Crippen molar-refractivity contribution in [1.82, 2.24) is 14.7 Å². The van der Waals surface area contributed by atoms with Gasteiger partial charge in [0.2, 0.25) is 0 Å². The van der Waals surface area contributed by atoms with Crippen LogP contribution in [0.15, 0.2) is 40.6 Å². The Morgan fingerprint density at radius 1 is 1.36 bits per heavy atom. The van der Waals surface area contributed by atoms with Gasteiger partial charge in [-0.2, -0.15) is 0 Å². The van der Waals surface area contributed by atoms with Crippen molar-refractivity contribution in [3.05, 3.63) is 63.0 Å². The summed E-state index contributed by atoms with van der Waals surface area (Å²) in [4.78, 5) is 30.0. The highest BCUT2D eigenvalue weighted by molar-refractivity contribution is 7.15. The molecule has 2 heterocycles. The quantitative estimate of drug-likeness (QED) is 0.762. The second kappa shape index (κ2) is 7.06. The van der Waals surface area contributed by atoms with Gasteiger partial charge < -0.3 is 10.1 Å². The number of hydrogen-bond donors (Lipinski definition) is 1. The first-order chi connectivity index (χ1) is 12.0. The van der Waals surface area contributed by atoms with E-state index in [-0.39, 0.29) is 17.2 Å². The maximum absolute atomic E-state index is 12.6. The third kappa shape index (κ3) is 3.28. The number of aromatic nitrogens is 2. The number of nitrogens with one attached hydrogen (secondary N) is 1. The van der Waals surface area contributed by atoms with Crippen LogP contribution in [-0.2, 0) is 0 Å². The summed E-state index contributed by atoms with van der Waals surface area (Å²) in [5.74, 6) is 0.339. The molecular formula is C18H19N3O3S. The first kappa shape index (κ1) is 17.2. The van der Waals surface area contributed by atoms with Crippen molar-refractivity contribution < 1.29 is 9.53 Å². The zero-order valence-electron chi connectivity index (χ0n) is 14.3. The smallest absolute Gasteiger partial charge is 0.271 e. The summed E-state index contributed by atoms with van der Waals surface area (Å²) in [6.07, 6.45) is 2.05. The van der Waals surface area contributed by atoms with Gasteiger partial charge in [0.15, 0.2) is 4.96 Å². The van der Waals surface area contributed by atoms with Crippen LogP contribution in [0.2, 0.25) is 0 Å². The molecule has 0 saturated heterocycles. The molecule has 0 radical (unpaired) electrons. The highest BCUT2D eigenvalue weighted by Gasteiger charge is 2.19. The lowest BCUT2D eigenvalue weighted by Gasteiger charge is -2.17. The molecule has 0 saturated carbocycles. The van der Waals surface area contributed by atoms with Crippen molar-refractivity contribution in [3.8, 4) is 5.75 Å². The van der Waals surface area contributed by atoms with Gasteiger partial charge in [0.05, 0.1) is 13.2 Å². The monoisotopic (exact) mass is 357 g/mol. The number of fused-ring (bicyclic) bond motifs is 1. The van der Waals surface area contributed by atoms with E-state index in [0.29, 0.717) is 11.4 Å². The second-order valence-corrected chi connectivity index (χ2v) is 6.52. The van der Waals surface area contributed by atoms with Gasteiger partial charge in [-0.3, -0.25) is 14.0 Å². The maximum Gasteiger partial charge on any atom is 0.271 e. The molecule has 0 aliphatic carbocycles. The van der Waals surface area contributed by atoms with E-state index >= 15 is 0 Å². The van der Waals surface area contributed by atoms with Crippen LogP contribution in [0.5, 0.6) is 5.75 Å². The normalized spacial score (nSPS) is 12.1. The highest BCUT2D eigenvalue weighted by atomic mass is 32.1. The molecule has 7 heteroatoms. The van der Waals surface area contributed by atoms with Crippen LogP contribution >= 0.6 is 11.3 Å². The molecule has 1 amide bonds. The van der Waals surface area contributed by atoms with Crippen molar-refractivity contribution >= 4 is 22.2 Å². The maximum atomic E-state index is 12.6. The summed E-state index contributed by atoms with van der Waals surface area (Å²) >= 11 is 1.38. The van der Waals surface area contributed by atoms with Gasteiger partial charge in [-0.1, -0.05) is 19.1 Å². The van der Waals surface area contributed by atoms with Gasteiger partial charge in [0.1, 0.15) is 11.3 Å². The molecule has 3 aromatic rings. The van der Waals surface area contributed by atoms with Gasteiger partial charge in [-0.05, 0) is 31.0 Å². The van der Waals surface area contributed by atoms with E-state index in [0.717, 1.165) is 17.0 Å². The Labute approximate surface area is 149 Å². The van der Waals surface area contributed by atoms with E-state index in [1.165, 1.54) is 21.9 Å². The number of carbonyl (C=O) groups is 1. The van der Waals surface area contributed by atoms with Gasteiger partial charge in [-0.15, -0.1) is 11.3 Å². The summed E-state index contributed by atoms with van der Waals surface area (Å²) in [7, 11) is 1.61. The molecule has 0 spiro atoms. The Hall–Kier alpha value is -2.67. The van der Waals surface area contributed by atoms with Crippen LogP contribution in [0.25, 0.3) is 4.96 Å². The fourth-order valence-corrected chi connectivity index (χ4v) is 3.50. The number of amides is 1. The van der Waals surface area contributed by atoms with Crippen LogP contribution in [0.1, 0.15) is 41.0 Å². The Morgan fingerprint density at radius 2 is 2.08 bits per heavy atom. The molecule has 130 valence electrons. The number of methoxy groups -OCH3 is 1. The zero-order valence-corrected chi connectivity index (χ0v) is 15.1. The van der Waals surface area contributed by atoms with Gasteiger partial charge >= 0.3 is 0 Å². The first-order valence-electron chi connectivity index (χ1n) is 7.95. The Balaban J connectivity index is 1.88. The number of aryl methyl sites for hydroxylation is 1. The highest BCUT2D eigenvalue weighted by Crippen LogP contribution is 2.20. The van der Waals surface area contributed by atoms with Crippen LogP contribution < -0.4 is 15.6 Å². The van der Waals surface area contributed by atoms with Crippen LogP contribution in [0.3, 0.4) is 0 Å². The van der Waals surface area contributed by atoms with Crippen molar-refractivity contribution in [2.75, 3.05) is 7.11 Å². The third-order valence-electron chi connectivity index (χ3n) is 4.09. The fraction of sp³-hybridized carbons (Fsp3) is 0.278. The first-order valence-corrected chi connectivity index (χ1v) is 8.83. The minimum absolute atomic E-state index is 0.0472. The topological polar surface area (TPSA) is 72.7 Å². The van der Waals surface area contributed by atoms with Crippen molar-refractivity contribution in [3.63, 3.8) is 0 Å². The predicted octanol–water partition coefficient (Wildman–Crippen LogP) is 2.95. The molecule has 1 N–H and O–H groups in total. The molecule has 6 nitrogen and oxygen atoms in total. The minimum atomic E-state index is -0.417. The van der Waals surface area contributed by atoms with E-state index in [4.69, 9.17) is 4.74 Å². The average Bonchev–Trinajstić information content (AvgIpc) is 3.01. The number of thiazole rings is 1. The van der Waals surface area contributed by atoms with Gasteiger partial charge in [0.25, 0.3) is 11.5 Å². The molecule has 1 atom stereocenters. The summed E-state index contributed by atoms with van der Waals surface area (Å²) < 4.78 is 6.62. The lowest BCUT2D eigenvalue weighted by Crippen LogP contribution is -2.34. The number of hydrogen-bond acceptors (Lipinski definition) is 5. The Morgan fingerprint density at radius 3 is 2.72 bits per heavy atom. The Kier molecular flexibility index (Phi) is 4.85. The molecule has 3 rings (SSSR count). The lowest BCUT2D eigenvalue weighted by molar-refractivity contribution is 0.0933. The fourth-order valence-electron chi connectivity index (χ4n) is 2.67. The average molecular weight is 357 g/mol. The lowest BCUT2D eigenvalue weighted by atomic mass is 10.0. The molecule has 0 bridgehead atoms. The number of rotatable bonds is 5. The van der Waals surface area contributed by atoms with Crippen molar-refractivity contribution in [2.24, 2.45) is 0 Å². The van der Waals surface area contributed by atoms with E-state index in [1.807, 2.05) is 43.5 Å². The summed E-state index contributed by atoms with van der Waals surface area (Å²) in [5, 5.41) is 4.77. The summed E-state index contributed by atoms with van der Waals surface area (Å²) in [5.41, 5.74) is 1.43. The van der Waals surface area contributed by atoms with Crippen molar-refractivity contribution in [2.45, 2.75) is 26.3 Å². The number of benzene rings is 1. The minimum Gasteiger partial charge on any atom is -0.497 e. The number of nitrogens with zero attached hydrogens (tertiary/aromatic N) is 2. The zero-order chi connectivity index (χ0) is 18.0. The molecule has 2 aromatic heterocycles. The second-order valence-electron chi connectivity index (χ2n) is 5.68. The van der Waals surface area contributed by atoms with E-state index in [2.05, 4.69) is 10.3 Å². The number of carbonyl (C=O) groups excluding carboxylic acids is 1. The molecular weight excluding hydrogens is 338 g/mol. The standard InChI is InChI=1S/C18H19N3O3S/c1-4-15(12-5-7-13(24-3)8-6-12)20-16(22)14-9-19-18-21(17(14)23)11(2)10-25-18/h5-10,15H,4H2,1-3H3,(H,20,22). The predicted molar refractivity (Wildman–Crippen MR) is 97.6 cm³/mol. The Bertz CT molecular complexity index is 960. The van der Waals surface area contributed by atoms with Crippen LogP contribution in [0, 0.1) is 6.92 Å². The summed E-state index contributed by atoms with van der Waals surface area (Å²) in [6, 6.07) is 7.32. The molecule has 25 heavy (non-hydrogen) atoms.